The zero-order valence-corrected chi connectivity index (χ0v) is 17.1. The monoisotopic (exact) mass is 403 g/mol. The molecule has 1 fully saturated rings. The van der Waals surface area contributed by atoms with E-state index in [2.05, 4.69) is 9.82 Å². The molecule has 0 spiro atoms. The fraction of sp³-hybridized carbons (Fsp3) is 0.474. The third-order valence-electron chi connectivity index (χ3n) is 5.68. The highest BCUT2D eigenvalue weighted by Crippen LogP contribution is 2.29. The predicted octanol–water partition coefficient (Wildman–Crippen LogP) is 1.84. The Bertz CT molecular complexity index is 1180. The molecule has 0 atom stereocenters. The van der Waals surface area contributed by atoms with Crippen LogP contribution < -0.4 is 10.4 Å². The topological polar surface area (TPSA) is 90.9 Å². The second-order valence-corrected chi connectivity index (χ2v) is 9.39. The summed E-state index contributed by atoms with van der Waals surface area (Å²) in [4.78, 5) is 12.3. The maximum Gasteiger partial charge on any atom is 0.328 e. The molecule has 0 saturated heterocycles. The summed E-state index contributed by atoms with van der Waals surface area (Å²) in [6, 6.07) is 5.04. The van der Waals surface area contributed by atoms with E-state index in [0.717, 1.165) is 31.2 Å². The van der Waals surface area contributed by atoms with Crippen molar-refractivity contribution in [1.29, 1.82) is 0 Å². The Labute approximate surface area is 163 Å². The molecule has 1 saturated carbocycles. The van der Waals surface area contributed by atoms with Gasteiger partial charge in [-0.3, -0.25) is 13.8 Å². The molecule has 150 valence electrons. The molecule has 1 aromatic carbocycles. The van der Waals surface area contributed by atoms with Gasteiger partial charge in [0.25, 0.3) is 0 Å². The smallest absolute Gasteiger partial charge is 0.295 e. The summed E-state index contributed by atoms with van der Waals surface area (Å²) in [6.07, 6.45) is 7.21. The lowest BCUT2D eigenvalue weighted by Gasteiger charge is -2.29. The number of nitrogens with one attached hydrogen (secondary N) is 1. The highest BCUT2D eigenvalue weighted by Gasteiger charge is 2.27. The van der Waals surface area contributed by atoms with Crippen molar-refractivity contribution in [2.45, 2.75) is 49.6 Å². The molecule has 2 heterocycles. The molecule has 0 unspecified atom stereocenters. The van der Waals surface area contributed by atoms with Crippen molar-refractivity contribution >= 4 is 21.1 Å². The second-order valence-electron chi connectivity index (χ2n) is 7.68. The van der Waals surface area contributed by atoms with E-state index in [1.54, 1.807) is 32.3 Å². The number of hydrogen-bond donors (Lipinski definition) is 1. The number of benzene rings is 1. The van der Waals surface area contributed by atoms with Gasteiger partial charge in [0.2, 0.25) is 10.0 Å². The number of hydrogen-bond acceptors (Lipinski definition) is 4. The van der Waals surface area contributed by atoms with Crippen LogP contribution in [-0.4, -0.2) is 33.4 Å². The molecule has 3 aromatic rings. The van der Waals surface area contributed by atoms with Gasteiger partial charge in [-0.05, 0) is 56.4 Å². The first-order chi connectivity index (χ1) is 13.3. The van der Waals surface area contributed by atoms with Gasteiger partial charge in [-0.15, -0.1) is 0 Å². The third kappa shape index (κ3) is 3.29. The van der Waals surface area contributed by atoms with Crippen LogP contribution in [-0.2, 0) is 24.1 Å². The van der Waals surface area contributed by atoms with Gasteiger partial charge in [0.05, 0.1) is 28.2 Å². The van der Waals surface area contributed by atoms with Crippen molar-refractivity contribution in [3.05, 3.63) is 46.6 Å². The Morgan fingerprint density at radius 1 is 1.07 bits per heavy atom. The molecule has 0 bridgehead atoms. The Hall–Kier alpha value is -2.39. The SMILES string of the molecule is Cc1cnn(C2CCC(NS(=O)(=O)c3ccc4c(c3)n(C)c(=O)n4C)CC2)c1. The van der Waals surface area contributed by atoms with Crippen LogP contribution in [0.15, 0.2) is 40.3 Å². The molecule has 1 aliphatic rings. The Balaban J connectivity index is 1.50. The zero-order valence-electron chi connectivity index (χ0n) is 16.3. The summed E-state index contributed by atoms with van der Waals surface area (Å²) >= 11 is 0. The van der Waals surface area contributed by atoms with Crippen molar-refractivity contribution in [3.8, 4) is 0 Å². The molecule has 0 amide bonds. The van der Waals surface area contributed by atoms with Crippen LogP contribution in [0.1, 0.15) is 37.3 Å². The Morgan fingerprint density at radius 2 is 1.75 bits per heavy atom. The van der Waals surface area contributed by atoms with E-state index in [9.17, 15) is 13.2 Å². The molecule has 28 heavy (non-hydrogen) atoms. The summed E-state index contributed by atoms with van der Waals surface area (Å²) < 4.78 is 33.6. The molecule has 9 heteroatoms. The number of nitrogens with zero attached hydrogens (tertiary/aromatic N) is 4. The highest BCUT2D eigenvalue weighted by molar-refractivity contribution is 7.89. The lowest BCUT2D eigenvalue weighted by molar-refractivity contribution is 0.293. The van der Waals surface area contributed by atoms with Gasteiger partial charge in [0.15, 0.2) is 0 Å². The maximum absolute atomic E-state index is 12.9. The molecular formula is C19H25N5O3S. The minimum Gasteiger partial charge on any atom is -0.295 e. The van der Waals surface area contributed by atoms with Crippen molar-refractivity contribution in [1.82, 2.24) is 23.6 Å². The number of rotatable bonds is 4. The minimum atomic E-state index is -3.65. The number of aromatic nitrogens is 4. The molecule has 4 rings (SSSR count). The Morgan fingerprint density at radius 3 is 2.39 bits per heavy atom. The highest BCUT2D eigenvalue weighted by atomic mass is 32.2. The lowest BCUT2D eigenvalue weighted by Crippen LogP contribution is -2.38. The first-order valence-corrected chi connectivity index (χ1v) is 10.9. The van der Waals surface area contributed by atoms with Crippen LogP contribution in [0.3, 0.4) is 0 Å². The normalized spacial score (nSPS) is 20.7. The van der Waals surface area contributed by atoms with E-state index in [4.69, 9.17) is 0 Å². The van der Waals surface area contributed by atoms with Crippen LogP contribution in [0.25, 0.3) is 11.0 Å². The van der Waals surface area contributed by atoms with Crippen molar-refractivity contribution < 1.29 is 8.42 Å². The summed E-state index contributed by atoms with van der Waals surface area (Å²) in [6.45, 7) is 2.02. The quantitative estimate of drug-likeness (QED) is 0.720. The molecule has 0 radical (unpaired) electrons. The standard InChI is InChI=1S/C19H25N5O3S/c1-13-11-20-24(12-13)15-6-4-14(5-7-15)21-28(26,27)16-8-9-17-18(10-16)23(3)19(25)22(17)2/h8-12,14-15,21H,4-7H2,1-3H3. The van der Waals surface area contributed by atoms with Crippen LogP contribution >= 0.6 is 0 Å². The maximum atomic E-state index is 12.9. The van der Waals surface area contributed by atoms with Gasteiger partial charge < -0.3 is 0 Å². The summed E-state index contributed by atoms with van der Waals surface area (Å²) in [7, 11) is -0.324. The fourth-order valence-corrected chi connectivity index (χ4v) is 5.36. The molecule has 2 aromatic heterocycles. The van der Waals surface area contributed by atoms with Gasteiger partial charge >= 0.3 is 5.69 Å². The third-order valence-corrected chi connectivity index (χ3v) is 7.20. The van der Waals surface area contributed by atoms with E-state index in [0.29, 0.717) is 17.1 Å². The summed E-state index contributed by atoms with van der Waals surface area (Å²) in [5.41, 5.74) is 2.27. The number of aryl methyl sites for hydroxylation is 3. The first kappa shape index (κ1) is 18.9. The average molecular weight is 404 g/mol. The van der Waals surface area contributed by atoms with E-state index < -0.39 is 10.0 Å². The first-order valence-electron chi connectivity index (χ1n) is 9.45. The second kappa shape index (κ2) is 6.89. The van der Waals surface area contributed by atoms with Gasteiger partial charge in [-0.2, -0.15) is 5.10 Å². The van der Waals surface area contributed by atoms with Crippen molar-refractivity contribution in [2.75, 3.05) is 0 Å². The van der Waals surface area contributed by atoms with Crippen molar-refractivity contribution in [2.24, 2.45) is 14.1 Å². The molecule has 1 N–H and O–H groups in total. The molecule has 8 nitrogen and oxygen atoms in total. The van der Waals surface area contributed by atoms with Crippen LogP contribution in [0, 0.1) is 6.92 Å². The fourth-order valence-electron chi connectivity index (χ4n) is 4.03. The number of imidazole rings is 1. The number of sulfonamides is 1. The zero-order chi connectivity index (χ0) is 20.1. The van der Waals surface area contributed by atoms with Crippen LogP contribution in [0.2, 0.25) is 0 Å². The molecule has 0 aliphatic heterocycles. The van der Waals surface area contributed by atoms with E-state index in [-0.39, 0.29) is 16.6 Å². The van der Waals surface area contributed by atoms with E-state index in [1.807, 2.05) is 24.0 Å². The van der Waals surface area contributed by atoms with E-state index in [1.165, 1.54) is 9.13 Å². The largest absolute Gasteiger partial charge is 0.328 e. The average Bonchev–Trinajstić information content (AvgIpc) is 3.20. The van der Waals surface area contributed by atoms with Crippen LogP contribution in [0.5, 0.6) is 0 Å². The summed E-state index contributed by atoms with van der Waals surface area (Å²) in [5.74, 6) is 0. The predicted molar refractivity (Wildman–Crippen MR) is 107 cm³/mol. The molecule has 1 aliphatic carbocycles. The Kier molecular flexibility index (Phi) is 4.67. The van der Waals surface area contributed by atoms with Gasteiger partial charge in [-0.1, -0.05) is 0 Å². The molecular weight excluding hydrogens is 378 g/mol. The van der Waals surface area contributed by atoms with Gasteiger partial charge in [0.1, 0.15) is 0 Å². The van der Waals surface area contributed by atoms with Crippen LogP contribution in [0.4, 0.5) is 0 Å². The number of fused-ring (bicyclic) bond motifs is 1. The van der Waals surface area contributed by atoms with E-state index >= 15 is 0 Å². The van der Waals surface area contributed by atoms with Crippen molar-refractivity contribution in [3.63, 3.8) is 0 Å². The van der Waals surface area contributed by atoms with Gasteiger partial charge in [0, 0.05) is 26.3 Å². The van der Waals surface area contributed by atoms with Gasteiger partial charge in [-0.25, -0.2) is 17.9 Å². The minimum absolute atomic E-state index is 0.0896. The lowest BCUT2D eigenvalue weighted by atomic mass is 9.92. The summed E-state index contributed by atoms with van der Waals surface area (Å²) in [5, 5.41) is 4.38.